The molecular formula is C15H23N3O. The highest BCUT2D eigenvalue weighted by molar-refractivity contribution is 5.96. The van der Waals surface area contributed by atoms with Crippen molar-refractivity contribution in [3.8, 4) is 0 Å². The van der Waals surface area contributed by atoms with E-state index < -0.39 is 0 Å². The maximum atomic E-state index is 11.5. The third-order valence-corrected chi connectivity index (χ3v) is 3.93. The Hall–Kier alpha value is -1.71. The fourth-order valence-electron chi connectivity index (χ4n) is 2.87. The molecule has 1 aliphatic rings. The van der Waals surface area contributed by atoms with Gasteiger partial charge >= 0.3 is 0 Å². The molecule has 0 aromatic heterocycles. The van der Waals surface area contributed by atoms with Gasteiger partial charge in [-0.05, 0) is 37.0 Å². The van der Waals surface area contributed by atoms with Crippen molar-refractivity contribution in [2.45, 2.75) is 25.7 Å². The van der Waals surface area contributed by atoms with Crippen molar-refractivity contribution < 1.29 is 4.79 Å². The molecule has 0 radical (unpaired) electrons. The van der Waals surface area contributed by atoms with Gasteiger partial charge in [0, 0.05) is 26.2 Å². The zero-order valence-electron chi connectivity index (χ0n) is 11.8. The van der Waals surface area contributed by atoms with Crippen LogP contribution >= 0.6 is 0 Å². The lowest BCUT2D eigenvalue weighted by atomic mass is 10.1. The van der Waals surface area contributed by atoms with Gasteiger partial charge in [0.05, 0.1) is 11.4 Å². The Labute approximate surface area is 115 Å². The molecular weight excluding hydrogens is 238 g/mol. The molecule has 2 rings (SSSR count). The average molecular weight is 261 g/mol. The molecule has 1 aromatic rings. The maximum absolute atomic E-state index is 11.5. The molecule has 0 unspecified atom stereocenters. The molecule has 1 amide bonds. The second kappa shape index (κ2) is 5.95. The summed E-state index contributed by atoms with van der Waals surface area (Å²) >= 11 is 0. The topological polar surface area (TPSA) is 58.4 Å². The molecule has 1 saturated carbocycles. The monoisotopic (exact) mass is 261 g/mol. The summed E-state index contributed by atoms with van der Waals surface area (Å²) in [5.41, 5.74) is 8.36. The van der Waals surface area contributed by atoms with Crippen molar-refractivity contribution in [2.24, 2.45) is 5.92 Å². The number of rotatable bonds is 4. The van der Waals surface area contributed by atoms with Crippen molar-refractivity contribution in [2.75, 3.05) is 31.3 Å². The normalized spacial score (nSPS) is 15.5. The summed E-state index contributed by atoms with van der Waals surface area (Å²) in [7, 11) is 3.70. The van der Waals surface area contributed by atoms with Gasteiger partial charge in [0.2, 0.25) is 0 Å². The molecule has 104 valence electrons. The number of carbonyl (C=O) groups excluding carboxylic acids is 1. The summed E-state index contributed by atoms with van der Waals surface area (Å²) in [4.78, 5) is 13.8. The maximum Gasteiger partial charge on any atom is 0.251 e. The Kier molecular flexibility index (Phi) is 4.30. The van der Waals surface area contributed by atoms with Gasteiger partial charge in [0.15, 0.2) is 0 Å². The van der Waals surface area contributed by atoms with Crippen LogP contribution in [0.1, 0.15) is 36.0 Å². The molecule has 0 heterocycles. The minimum Gasteiger partial charge on any atom is -0.397 e. The van der Waals surface area contributed by atoms with Crippen LogP contribution < -0.4 is 16.0 Å². The van der Waals surface area contributed by atoms with E-state index in [-0.39, 0.29) is 5.91 Å². The highest BCUT2D eigenvalue weighted by Crippen LogP contribution is 2.29. The molecule has 4 nitrogen and oxygen atoms in total. The molecule has 19 heavy (non-hydrogen) atoms. The second-order valence-electron chi connectivity index (χ2n) is 5.38. The molecule has 0 bridgehead atoms. The number of hydrogen-bond donors (Lipinski definition) is 2. The van der Waals surface area contributed by atoms with Gasteiger partial charge < -0.3 is 16.0 Å². The van der Waals surface area contributed by atoms with Crippen molar-refractivity contribution in [1.29, 1.82) is 0 Å². The van der Waals surface area contributed by atoms with E-state index in [4.69, 9.17) is 5.73 Å². The first-order valence-corrected chi connectivity index (χ1v) is 6.94. The fraction of sp³-hybridized carbons (Fsp3) is 0.533. The van der Waals surface area contributed by atoms with Crippen LogP contribution in [0.25, 0.3) is 0 Å². The molecule has 0 spiro atoms. The number of anilines is 2. The zero-order chi connectivity index (χ0) is 13.8. The predicted molar refractivity (Wildman–Crippen MR) is 79.5 cm³/mol. The van der Waals surface area contributed by atoms with E-state index in [2.05, 4.69) is 17.3 Å². The van der Waals surface area contributed by atoms with Crippen LogP contribution in [0.5, 0.6) is 0 Å². The van der Waals surface area contributed by atoms with Gasteiger partial charge in [-0.3, -0.25) is 4.79 Å². The Morgan fingerprint density at radius 1 is 1.42 bits per heavy atom. The van der Waals surface area contributed by atoms with Crippen molar-refractivity contribution in [3.63, 3.8) is 0 Å². The highest BCUT2D eigenvalue weighted by atomic mass is 16.1. The van der Waals surface area contributed by atoms with Crippen LogP contribution in [0.2, 0.25) is 0 Å². The minimum atomic E-state index is -0.100. The summed E-state index contributed by atoms with van der Waals surface area (Å²) in [6.45, 7) is 1.05. The molecule has 1 fully saturated rings. The first kappa shape index (κ1) is 13.7. The number of hydrogen-bond acceptors (Lipinski definition) is 3. The van der Waals surface area contributed by atoms with E-state index in [1.54, 1.807) is 13.1 Å². The predicted octanol–water partition coefficient (Wildman–Crippen LogP) is 2.25. The summed E-state index contributed by atoms with van der Waals surface area (Å²) in [6, 6.07) is 5.52. The largest absolute Gasteiger partial charge is 0.397 e. The van der Waals surface area contributed by atoms with Crippen LogP contribution in [0, 0.1) is 5.92 Å². The number of nitrogens with two attached hydrogens (primary N) is 1. The standard InChI is InChI=1S/C15H23N3O/c1-17-15(19)12-7-8-14(13(16)9-12)18(2)10-11-5-3-4-6-11/h7-9,11H,3-6,10,16H2,1-2H3,(H,17,19). The Morgan fingerprint density at radius 2 is 2.11 bits per heavy atom. The molecule has 0 aliphatic heterocycles. The lowest BCUT2D eigenvalue weighted by Crippen LogP contribution is -2.25. The molecule has 4 heteroatoms. The van der Waals surface area contributed by atoms with E-state index in [0.29, 0.717) is 11.3 Å². The van der Waals surface area contributed by atoms with Crippen LogP contribution in [-0.4, -0.2) is 26.5 Å². The number of nitrogen functional groups attached to an aromatic ring is 1. The zero-order valence-corrected chi connectivity index (χ0v) is 11.8. The van der Waals surface area contributed by atoms with E-state index in [1.807, 2.05) is 12.1 Å². The van der Waals surface area contributed by atoms with Crippen molar-refractivity contribution >= 4 is 17.3 Å². The number of benzene rings is 1. The van der Waals surface area contributed by atoms with Crippen LogP contribution in [0.3, 0.4) is 0 Å². The van der Waals surface area contributed by atoms with Crippen LogP contribution in [0.15, 0.2) is 18.2 Å². The summed E-state index contributed by atoms with van der Waals surface area (Å²) < 4.78 is 0. The smallest absolute Gasteiger partial charge is 0.251 e. The fourth-order valence-corrected chi connectivity index (χ4v) is 2.87. The second-order valence-corrected chi connectivity index (χ2v) is 5.38. The Bertz CT molecular complexity index is 453. The summed E-state index contributed by atoms with van der Waals surface area (Å²) in [5, 5.41) is 2.61. The molecule has 1 aliphatic carbocycles. The lowest BCUT2D eigenvalue weighted by molar-refractivity contribution is 0.0963. The molecule has 1 aromatic carbocycles. The number of carbonyl (C=O) groups is 1. The van der Waals surface area contributed by atoms with Gasteiger partial charge in [0.1, 0.15) is 0 Å². The van der Waals surface area contributed by atoms with Gasteiger partial charge in [0.25, 0.3) is 5.91 Å². The summed E-state index contributed by atoms with van der Waals surface area (Å²) in [5.74, 6) is 0.680. The van der Waals surface area contributed by atoms with Crippen molar-refractivity contribution in [3.05, 3.63) is 23.8 Å². The molecule has 0 atom stereocenters. The minimum absolute atomic E-state index is 0.100. The number of nitrogens with zero attached hydrogens (tertiary/aromatic N) is 1. The van der Waals surface area contributed by atoms with Crippen LogP contribution in [-0.2, 0) is 0 Å². The first-order valence-electron chi connectivity index (χ1n) is 6.94. The third-order valence-electron chi connectivity index (χ3n) is 3.93. The van der Waals surface area contributed by atoms with E-state index in [1.165, 1.54) is 25.7 Å². The lowest BCUT2D eigenvalue weighted by Gasteiger charge is -2.24. The number of amides is 1. The van der Waals surface area contributed by atoms with Gasteiger partial charge in [-0.2, -0.15) is 0 Å². The molecule has 0 saturated heterocycles. The SMILES string of the molecule is CNC(=O)c1ccc(N(C)CC2CCCC2)c(N)c1. The third kappa shape index (κ3) is 3.19. The van der Waals surface area contributed by atoms with E-state index >= 15 is 0 Å². The van der Waals surface area contributed by atoms with Gasteiger partial charge in [-0.15, -0.1) is 0 Å². The van der Waals surface area contributed by atoms with Gasteiger partial charge in [-0.25, -0.2) is 0 Å². The Morgan fingerprint density at radius 3 is 2.68 bits per heavy atom. The quantitative estimate of drug-likeness (QED) is 0.817. The number of nitrogens with one attached hydrogen (secondary N) is 1. The van der Waals surface area contributed by atoms with Crippen molar-refractivity contribution in [1.82, 2.24) is 5.32 Å². The average Bonchev–Trinajstić information content (AvgIpc) is 2.90. The van der Waals surface area contributed by atoms with Crippen LogP contribution in [0.4, 0.5) is 11.4 Å². The Balaban J connectivity index is 2.08. The molecule has 3 N–H and O–H groups in total. The summed E-state index contributed by atoms with van der Waals surface area (Å²) in [6.07, 6.45) is 5.34. The van der Waals surface area contributed by atoms with E-state index in [0.717, 1.165) is 18.2 Å². The highest BCUT2D eigenvalue weighted by Gasteiger charge is 2.18. The van der Waals surface area contributed by atoms with Gasteiger partial charge in [-0.1, -0.05) is 12.8 Å². The van der Waals surface area contributed by atoms with E-state index in [9.17, 15) is 4.79 Å². The first-order chi connectivity index (χ1) is 9.11.